The molecule has 84 valence electrons. The van der Waals surface area contributed by atoms with Crippen LogP contribution >= 0.6 is 0 Å². The second kappa shape index (κ2) is 5.17. The van der Waals surface area contributed by atoms with Crippen LogP contribution in [-0.4, -0.2) is 18.1 Å². The van der Waals surface area contributed by atoms with Crippen molar-refractivity contribution in [2.75, 3.05) is 11.9 Å². The Balaban J connectivity index is 2.83. The number of carbonyl (C=O) groups is 1. The van der Waals surface area contributed by atoms with Crippen LogP contribution in [0.1, 0.15) is 13.8 Å². The second-order valence-corrected chi connectivity index (χ2v) is 3.45. The molecule has 0 aliphatic rings. The molecule has 0 heterocycles. The summed E-state index contributed by atoms with van der Waals surface area (Å²) in [5.41, 5.74) is -0.642. The van der Waals surface area contributed by atoms with Crippen molar-refractivity contribution in [1.82, 2.24) is 0 Å². The molecule has 0 saturated heterocycles. The number of nitrogens with one attached hydrogen (secondary N) is 1. The number of esters is 1. The van der Waals surface area contributed by atoms with Crippen LogP contribution in [0, 0.1) is 11.3 Å². The van der Waals surface area contributed by atoms with Crippen LogP contribution in [0.5, 0.6) is 0 Å². The van der Waals surface area contributed by atoms with Crippen molar-refractivity contribution >= 4 is 11.7 Å². The van der Waals surface area contributed by atoms with E-state index < -0.39 is 11.5 Å². The standard InChI is InChI=1S/C12H14N2O2/c1-3-16-11(15)12(2,9-13)14-10-7-5-4-6-8-10/h4-8,14H,3H2,1-2H3. The van der Waals surface area contributed by atoms with E-state index in [-0.39, 0.29) is 6.61 Å². The Hall–Kier alpha value is -2.02. The van der Waals surface area contributed by atoms with Gasteiger partial charge in [0.25, 0.3) is 0 Å². The molecular formula is C12H14N2O2. The van der Waals surface area contributed by atoms with Gasteiger partial charge in [0.2, 0.25) is 5.54 Å². The van der Waals surface area contributed by atoms with E-state index in [4.69, 9.17) is 10.00 Å². The lowest BCUT2D eigenvalue weighted by atomic mass is 10.0. The number of hydrogen-bond donors (Lipinski definition) is 1. The Morgan fingerprint density at radius 1 is 1.50 bits per heavy atom. The van der Waals surface area contributed by atoms with Gasteiger partial charge in [-0.05, 0) is 26.0 Å². The highest BCUT2D eigenvalue weighted by atomic mass is 16.5. The van der Waals surface area contributed by atoms with E-state index in [1.165, 1.54) is 6.92 Å². The minimum atomic E-state index is -1.35. The maximum absolute atomic E-state index is 11.6. The minimum absolute atomic E-state index is 0.257. The van der Waals surface area contributed by atoms with Gasteiger partial charge >= 0.3 is 5.97 Å². The fraction of sp³-hybridized carbons (Fsp3) is 0.333. The molecule has 0 aliphatic carbocycles. The predicted octanol–water partition coefficient (Wildman–Crippen LogP) is 1.94. The van der Waals surface area contributed by atoms with Crippen LogP contribution in [0.2, 0.25) is 0 Å². The number of para-hydroxylation sites is 1. The normalized spacial score (nSPS) is 13.3. The monoisotopic (exact) mass is 218 g/mol. The van der Waals surface area contributed by atoms with E-state index in [0.717, 1.165) is 0 Å². The summed E-state index contributed by atoms with van der Waals surface area (Å²) in [5.74, 6) is -0.568. The van der Waals surface area contributed by atoms with Gasteiger partial charge in [-0.15, -0.1) is 0 Å². The smallest absolute Gasteiger partial charge is 0.346 e. The average Bonchev–Trinajstić information content (AvgIpc) is 2.30. The fourth-order valence-corrected chi connectivity index (χ4v) is 1.21. The summed E-state index contributed by atoms with van der Waals surface area (Å²) in [6.45, 7) is 3.46. The highest BCUT2D eigenvalue weighted by molar-refractivity contribution is 5.87. The molecule has 0 amide bonds. The van der Waals surface area contributed by atoms with Gasteiger partial charge in [0.05, 0.1) is 6.61 Å². The van der Waals surface area contributed by atoms with E-state index in [2.05, 4.69) is 5.32 Å². The molecule has 0 fully saturated rings. The van der Waals surface area contributed by atoms with E-state index in [0.29, 0.717) is 5.69 Å². The van der Waals surface area contributed by atoms with Gasteiger partial charge in [0.15, 0.2) is 0 Å². The summed E-state index contributed by atoms with van der Waals surface area (Å²) in [6, 6.07) is 11.0. The maximum atomic E-state index is 11.6. The van der Waals surface area contributed by atoms with E-state index in [9.17, 15) is 4.79 Å². The summed E-state index contributed by atoms with van der Waals surface area (Å²) < 4.78 is 4.85. The van der Waals surface area contributed by atoms with Gasteiger partial charge in [0, 0.05) is 5.69 Å². The van der Waals surface area contributed by atoms with Gasteiger partial charge in [-0.25, -0.2) is 4.79 Å². The number of hydrogen-bond acceptors (Lipinski definition) is 4. The Morgan fingerprint density at radius 3 is 2.62 bits per heavy atom. The Morgan fingerprint density at radius 2 is 2.12 bits per heavy atom. The number of nitrogens with zero attached hydrogens (tertiary/aromatic N) is 1. The SMILES string of the molecule is CCOC(=O)C(C)(C#N)Nc1ccccc1. The summed E-state index contributed by atoms with van der Waals surface area (Å²) >= 11 is 0. The molecule has 1 rings (SSSR count). The third-order valence-electron chi connectivity index (χ3n) is 2.08. The van der Waals surface area contributed by atoms with Crippen LogP contribution in [0.15, 0.2) is 30.3 Å². The van der Waals surface area contributed by atoms with Gasteiger partial charge < -0.3 is 10.1 Å². The van der Waals surface area contributed by atoms with Crippen molar-refractivity contribution in [3.8, 4) is 6.07 Å². The van der Waals surface area contributed by atoms with Crippen LogP contribution in [0.25, 0.3) is 0 Å². The van der Waals surface area contributed by atoms with Crippen molar-refractivity contribution < 1.29 is 9.53 Å². The lowest BCUT2D eigenvalue weighted by Gasteiger charge is -2.22. The Labute approximate surface area is 94.8 Å². The highest BCUT2D eigenvalue weighted by Crippen LogP contribution is 2.15. The molecule has 0 aliphatic heterocycles. The van der Waals surface area contributed by atoms with Gasteiger partial charge in [0.1, 0.15) is 6.07 Å². The number of anilines is 1. The lowest BCUT2D eigenvalue weighted by molar-refractivity contribution is -0.145. The minimum Gasteiger partial charge on any atom is -0.463 e. The molecule has 1 atom stereocenters. The average molecular weight is 218 g/mol. The molecule has 4 nitrogen and oxygen atoms in total. The largest absolute Gasteiger partial charge is 0.463 e. The lowest BCUT2D eigenvalue weighted by Crippen LogP contribution is -2.43. The molecule has 1 unspecified atom stereocenters. The van der Waals surface area contributed by atoms with Crippen LogP contribution in [0.3, 0.4) is 0 Å². The van der Waals surface area contributed by atoms with Gasteiger partial charge in [-0.3, -0.25) is 0 Å². The number of rotatable bonds is 4. The molecule has 0 saturated carbocycles. The molecule has 1 aromatic rings. The third kappa shape index (κ3) is 2.74. The Bertz CT molecular complexity index is 397. The van der Waals surface area contributed by atoms with Crippen LogP contribution in [-0.2, 0) is 9.53 Å². The molecule has 0 spiro atoms. The van der Waals surface area contributed by atoms with Crippen molar-refractivity contribution in [2.45, 2.75) is 19.4 Å². The van der Waals surface area contributed by atoms with E-state index in [1.807, 2.05) is 24.3 Å². The van der Waals surface area contributed by atoms with Crippen molar-refractivity contribution in [1.29, 1.82) is 5.26 Å². The summed E-state index contributed by atoms with van der Waals surface area (Å²) in [6.07, 6.45) is 0. The first-order chi connectivity index (χ1) is 7.62. The quantitative estimate of drug-likeness (QED) is 0.784. The second-order valence-electron chi connectivity index (χ2n) is 3.45. The molecule has 1 N–H and O–H groups in total. The van der Waals surface area contributed by atoms with Gasteiger partial charge in [-0.1, -0.05) is 18.2 Å². The molecule has 16 heavy (non-hydrogen) atoms. The van der Waals surface area contributed by atoms with E-state index in [1.54, 1.807) is 19.1 Å². The third-order valence-corrected chi connectivity index (χ3v) is 2.08. The number of nitriles is 1. The zero-order valence-corrected chi connectivity index (χ0v) is 9.36. The number of ether oxygens (including phenoxy) is 1. The highest BCUT2D eigenvalue weighted by Gasteiger charge is 2.34. The molecule has 0 aromatic heterocycles. The fourth-order valence-electron chi connectivity index (χ4n) is 1.21. The Kier molecular flexibility index (Phi) is 3.90. The first-order valence-corrected chi connectivity index (χ1v) is 5.04. The first kappa shape index (κ1) is 12.1. The first-order valence-electron chi connectivity index (χ1n) is 5.04. The van der Waals surface area contributed by atoms with Crippen molar-refractivity contribution in [3.05, 3.63) is 30.3 Å². The molecule has 1 aromatic carbocycles. The number of benzene rings is 1. The van der Waals surface area contributed by atoms with Gasteiger partial charge in [-0.2, -0.15) is 5.26 Å². The molecule has 0 radical (unpaired) electrons. The van der Waals surface area contributed by atoms with Crippen molar-refractivity contribution in [2.24, 2.45) is 0 Å². The van der Waals surface area contributed by atoms with E-state index >= 15 is 0 Å². The summed E-state index contributed by atoms with van der Waals surface area (Å²) in [5, 5.41) is 11.9. The number of carbonyl (C=O) groups excluding carboxylic acids is 1. The maximum Gasteiger partial charge on any atom is 0.346 e. The predicted molar refractivity (Wildman–Crippen MR) is 60.7 cm³/mol. The summed E-state index contributed by atoms with van der Waals surface area (Å²) in [7, 11) is 0. The summed E-state index contributed by atoms with van der Waals surface area (Å²) in [4.78, 5) is 11.6. The van der Waals surface area contributed by atoms with Crippen LogP contribution < -0.4 is 5.32 Å². The topological polar surface area (TPSA) is 62.1 Å². The van der Waals surface area contributed by atoms with Crippen LogP contribution in [0.4, 0.5) is 5.69 Å². The zero-order chi connectivity index (χ0) is 12.0. The zero-order valence-electron chi connectivity index (χ0n) is 9.36. The molecule has 0 bridgehead atoms. The molecular weight excluding hydrogens is 204 g/mol. The van der Waals surface area contributed by atoms with Crippen molar-refractivity contribution in [3.63, 3.8) is 0 Å². The molecule has 4 heteroatoms.